The molecule has 1 fully saturated rings. The maximum absolute atomic E-state index is 11.9. The minimum absolute atomic E-state index is 0.109. The molecule has 1 saturated heterocycles. The van der Waals surface area contributed by atoms with Crippen LogP contribution in [0.4, 0.5) is 0 Å². The lowest BCUT2D eigenvalue weighted by atomic mass is 9.98. The fourth-order valence-corrected chi connectivity index (χ4v) is 3.29. The monoisotopic (exact) mass is 361 g/mol. The highest BCUT2D eigenvalue weighted by Gasteiger charge is 2.30. The Morgan fingerprint density at radius 2 is 2.22 bits per heavy atom. The van der Waals surface area contributed by atoms with E-state index in [2.05, 4.69) is 19.9 Å². The predicted molar refractivity (Wildman–Crippen MR) is 101 cm³/mol. The number of fused-ring (bicyclic) bond motifs is 1. The van der Waals surface area contributed by atoms with Crippen molar-refractivity contribution in [3.63, 3.8) is 0 Å². The molecule has 0 N–H and O–H groups in total. The Hall–Kier alpha value is -3.11. The summed E-state index contributed by atoms with van der Waals surface area (Å²) in [7, 11) is 0. The first-order chi connectivity index (χ1) is 13.1. The summed E-state index contributed by atoms with van der Waals surface area (Å²) in [4.78, 5) is 26.9. The van der Waals surface area contributed by atoms with Crippen molar-refractivity contribution in [2.24, 2.45) is 9.98 Å². The van der Waals surface area contributed by atoms with Crippen molar-refractivity contribution in [3.05, 3.63) is 47.3 Å². The van der Waals surface area contributed by atoms with Crippen molar-refractivity contribution < 1.29 is 9.53 Å². The maximum Gasteiger partial charge on any atom is 0.272 e. The van der Waals surface area contributed by atoms with Crippen LogP contribution in [0.25, 0.3) is 0 Å². The molecule has 0 spiro atoms. The van der Waals surface area contributed by atoms with Crippen LogP contribution >= 0.6 is 0 Å². The lowest BCUT2D eigenvalue weighted by Gasteiger charge is -2.39. The number of rotatable bonds is 5. The summed E-state index contributed by atoms with van der Waals surface area (Å²) in [6.45, 7) is 4.31. The third kappa shape index (κ3) is 3.71. The average Bonchev–Trinajstić information content (AvgIpc) is 2.66. The van der Waals surface area contributed by atoms with Gasteiger partial charge in [-0.25, -0.2) is 9.98 Å². The smallest absolute Gasteiger partial charge is 0.272 e. The molecule has 7 nitrogen and oxygen atoms in total. The molecule has 3 aliphatic rings. The number of nitriles is 1. The highest BCUT2D eigenvalue weighted by molar-refractivity contribution is 6.16. The van der Waals surface area contributed by atoms with Crippen LogP contribution in [-0.4, -0.2) is 59.5 Å². The molecule has 7 heteroatoms. The second kappa shape index (κ2) is 7.25. The van der Waals surface area contributed by atoms with Crippen molar-refractivity contribution >= 4 is 17.8 Å². The summed E-state index contributed by atoms with van der Waals surface area (Å²) >= 11 is 0. The van der Waals surface area contributed by atoms with Crippen LogP contribution in [0.15, 0.2) is 51.6 Å². The molecule has 0 bridgehead atoms. The van der Waals surface area contributed by atoms with Gasteiger partial charge in [0.05, 0.1) is 11.9 Å². The van der Waals surface area contributed by atoms with Crippen LogP contribution < -0.4 is 4.74 Å². The van der Waals surface area contributed by atoms with Gasteiger partial charge >= 0.3 is 0 Å². The molecule has 1 amide bonds. The summed E-state index contributed by atoms with van der Waals surface area (Å²) in [6.07, 6.45) is 8.13. The molecule has 1 aromatic heterocycles. The lowest BCUT2D eigenvalue weighted by molar-refractivity contribution is -0.114. The molecule has 3 aliphatic heterocycles. The van der Waals surface area contributed by atoms with Crippen molar-refractivity contribution in [1.29, 1.82) is 5.26 Å². The minimum Gasteiger partial charge on any atom is -0.486 e. The number of aromatic nitrogens is 1. The fraction of sp³-hybridized carbons (Fsp3) is 0.350. The molecule has 1 unspecified atom stereocenters. The van der Waals surface area contributed by atoms with Gasteiger partial charge < -0.3 is 4.74 Å². The van der Waals surface area contributed by atoms with Crippen molar-refractivity contribution in [1.82, 2.24) is 9.88 Å². The first kappa shape index (κ1) is 17.3. The standard InChI is InChI=1S/C20H19N5O2/c1-2-14-6-18-19(24-20(14)26)5-13(8-23-18)10-25-11-17(12-25)27-16-4-3-15(7-21)22-9-16/h3-6,8-9,17-18H,2,10-12H2,1H3. The SMILES string of the molecule is CCC1=CC2N=CC(CN3CC(Oc4ccc(C#N)nc4)C3)=CC2=NC1=O. The van der Waals surface area contributed by atoms with Gasteiger partial charge in [-0.15, -0.1) is 0 Å². The van der Waals surface area contributed by atoms with Gasteiger partial charge in [0.25, 0.3) is 5.91 Å². The molecule has 0 aliphatic carbocycles. The van der Waals surface area contributed by atoms with Crippen LogP contribution in [0, 0.1) is 11.3 Å². The van der Waals surface area contributed by atoms with Crippen LogP contribution in [0.2, 0.25) is 0 Å². The third-order valence-electron chi connectivity index (χ3n) is 4.77. The summed E-state index contributed by atoms with van der Waals surface area (Å²) in [5.74, 6) is 0.526. The van der Waals surface area contributed by atoms with Gasteiger partial charge in [-0.05, 0) is 36.3 Å². The number of hydrogen-bond donors (Lipinski definition) is 0. The molecule has 1 aromatic rings. The highest BCUT2D eigenvalue weighted by Crippen LogP contribution is 2.21. The van der Waals surface area contributed by atoms with Crippen LogP contribution in [0.3, 0.4) is 0 Å². The summed E-state index contributed by atoms with van der Waals surface area (Å²) in [5, 5.41) is 8.76. The quantitative estimate of drug-likeness (QED) is 0.796. The molecule has 27 heavy (non-hydrogen) atoms. The van der Waals surface area contributed by atoms with E-state index >= 15 is 0 Å². The van der Waals surface area contributed by atoms with Gasteiger partial charge in [0.1, 0.15) is 29.7 Å². The van der Waals surface area contributed by atoms with Gasteiger partial charge in [-0.3, -0.25) is 14.7 Å². The van der Waals surface area contributed by atoms with E-state index in [4.69, 9.17) is 10.00 Å². The highest BCUT2D eigenvalue weighted by atomic mass is 16.5. The van der Waals surface area contributed by atoms with E-state index in [1.165, 1.54) is 0 Å². The normalized spacial score (nSPS) is 22.1. The number of ether oxygens (including phenoxy) is 1. The van der Waals surface area contributed by atoms with Crippen molar-refractivity contribution in [3.8, 4) is 11.8 Å². The molecule has 4 rings (SSSR count). The number of aliphatic imine (C=N–C) groups is 2. The topological polar surface area (TPSA) is 90.9 Å². The van der Waals surface area contributed by atoms with E-state index in [0.717, 1.165) is 36.5 Å². The zero-order chi connectivity index (χ0) is 18.8. The molecule has 136 valence electrons. The number of likely N-dealkylation sites (tertiary alicyclic amines) is 1. The molecular formula is C20H19N5O2. The first-order valence-corrected chi connectivity index (χ1v) is 8.97. The number of dihydropyridines is 2. The second-order valence-electron chi connectivity index (χ2n) is 6.75. The molecular weight excluding hydrogens is 342 g/mol. The Morgan fingerprint density at radius 1 is 1.37 bits per heavy atom. The molecule has 4 heterocycles. The van der Waals surface area contributed by atoms with Gasteiger partial charge in [-0.1, -0.05) is 6.92 Å². The zero-order valence-corrected chi connectivity index (χ0v) is 15.0. The molecule has 0 aromatic carbocycles. The number of amides is 1. The second-order valence-corrected chi connectivity index (χ2v) is 6.75. The van der Waals surface area contributed by atoms with Gasteiger partial charge in [0.2, 0.25) is 0 Å². The Balaban J connectivity index is 1.30. The Labute approximate surface area is 157 Å². The van der Waals surface area contributed by atoms with Gasteiger partial charge in [0.15, 0.2) is 0 Å². The van der Waals surface area contributed by atoms with E-state index in [-0.39, 0.29) is 18.1 Å². The summed E-state index contributed by atoms with van der Waals surface area (Å²) in [6, 6.07) is 5.28. The van der Waals surface area contributed by atoms with Crippen LogP contribution in [-0.2, 0) is 4.79 Å². The van der Waals surface area contributed by atoms with Crippen molar-refractivity contribution in [2.45, 2.75) is 25.5 Å². The maximum atomic E-state index is 11.9. The van der Waals surface area contributed by atoms with Gasteiger partial charge in [-0.2, -0.15) is 5.26 Å². The van der Waals surface area contributed by atoms with Crippen molar-refractivity contribution in [2.75, 3.05) is 19.6 Å². The minimum atomic E-state index is -0.148. The Morgan fingerprint density at radius 3 is 2.93 bits per heavy atom. The lowest BCUT2D eigenvalue weighted by Crippen LogP contribution is -2.54. The molecule has 0 saturated carbocycles. The van der Waals surface area contributed by atoms with Crippen LogP contribution in [0.1, 0.15) is 19.0 Å². The summed E-state index contributed by atoms with van der Waals surface area (Å²) < 4.78 is 5.85. The third-order valence-corrected chi connectivity index (χ3v) is 4.77. The van der Waals surface area contributed by atoms with E-state index in [1.54, 1.807) is 18.3 Å². The average molecular weight is 361 g/mol. The number of hydrogen-bond acceptors (Lipinski definition) is 6. The molecule has 0 radical (unpaired) electrons. The largest absolute Gasteiger partial charge is 0.486 e. The van der Waals surface area contributed by atoms with E-state index in [0.29, 0.717) is 17.9 Å². The van der Waals surface area contributed by atoms with Gasteiger partial charge in [0, 0.05) is 31.4 Å². The van der Waals surface area contributed by atoms with E-state index < -0.39 is 0 Å². The number of carbonyl (C=O) groups excluding carboxylic acids is 1. The molecule has 1 atom stereocenters. The Kier molecular flexibility index (Phi) is 4.65. The fourth-order valence-electron chi connectivity index (χ4n) is 3.29. The van der Waals surface area contributed by atoms with Crippen LogP contribution in [0.5, 0.6) is 5.75 Å². The zero-order valence-electron chi connectivity index (χ0n) is 15.0. The Bertz CT molecular complexity index is 915. The number of nitrogens with zero attached hydrogens (tertiary/aromatic N) is 5. The first-order valence-electron chi connectivity index (χ1n) is 8.97. The van der Waals surface area contributed by atoms with E-state index in [9.17, 15) is 4.79 Å². The summed E-state index contributed by atoms with van der Waals surface area (Å²) in [5.41, 5.74) is 2.89. The predicted octanol–water partition coefficient (Wildman–Crippen LogP) is 1.71. The number of carbonyl (C=O) groups is 1. The number of pyridine rings is 1. The van der Waals surface area contributed by atoms with E-state index in [1.807, 2.05) is 31.4 Å².